The number of nitrogens with zero attached hydrogens (tertiary/aromatic N) is 1. The Morgan fingerprint density at radius 2 is 1.17 bits per heavy atom. The normalized spacial score (nSPS) is 10.3. The molecular weight excluding hydrogens is 398 g/mol. The van der Waals surface area contributed by atoms with Crippen LogP contribution in [0.3, 0.4) is 0 Å². The van der Waals surface area contributed by atoms with Gasteiger partial charge in [0, 0.05) is 0 Å². The molecule has 116 valence electrons. The molecular formula is C20H19NOTe. The van der Waals surface area contributed by atoms with E-state index in [9.17, 15) is 0 Å². The first-order chi connectivity index (χ1) is 11.2. The van der Waals surface area contributed by atoms with E-state index in [0.717, 1.165) is 11.5 Å². The van der Waals surface area contributed by atoms with Crippen LogP contribution in [0, 0.1) is 0 Å². The van der Waals surface area contributed by atoms with Gasteiger partial charge in [-0.05, 0) is 0 Å². The second kappa shape index (κ2) is 7.55. The van der Waals surface area contributed by atoms with Crippen molar-refractivity contribution < 1.29 is 4.74 Å². The Kier molecular flexibility index (Phi) is 5.23. The van der Waals surface area contributed by atoms with Crippen LogP contribution in [0.5, 0.6) is 11.5 Å². The minimum absolute atomic E-state index is 0.348. The van der Waals surface area contributed by atoms with E-state index < -0.39 is 0 Å². The number of ether oxygens (including phenoxy) is 1. The van der Waals surface area contributed by atoms with Crippen molar-refractivity contribution >= 4 is 33.8 Å². The number of benzene rings is 3. The molecule has 0 saturated carbocycles. The Labute approximate surface area is 147 Å². The van der Waals surface area contributed by atoms with Gasteiger partial charge >= 0.3 is 148 Å². The first-order valence-electron chi connectivity index (χ1n) is 7.49. The van der Waals surface area contributed by atoms with E-state index in [1.165, 1.54) is 12.9 Å². The number of hydrogen-bond donors (Lipinski definition) is 0. The van der Waals surface area contributed by atoms with Gasteiger partial charge in [-0.1, -0.05) is 0 Å². The fourth-order valence-corrected chi connectivity index (χ4v) is 4.48. The van der Waals surface area contributed by atoms with Crippen LogP contribution in [0.1, 0.15) is 0 Å². The molecule has 0 saturated heterocycles. The molecule has 0 aliphatic heterocycles. The standard InChI is InChI=1S/C20H19NOTe/c1-21(2)16-8-12-19(13-9-16)23-20-14-10-18(11-15-20)22-17-6-4-3-5-7-17/h3-15H,1-2H3. The molecule has 0 aliphatic carbocycles. The van der Waals surface area contributed by atoms with E-state index in [0.29, 0.717) is 0 Å². The molecule has 0 unspecified atom stereocenters. The molecule has 0 atom stereocenters. The van der Waals surface area contributed by atoms with E-state index in [-0.39, 0.29) is 20.9 Å². The molecule has 0 radical (unpaired) electrons. The minimum atomic E-state index is -0.348. The summed E-state index contributed by atoms with van der Waals surface area (Å²) in [5.41, 5.74) is 1.24. The number of rotatable bonds is 5. The summed E-state index contributed by atoms with van der Waals surface area (Å²) in [5.74, 6) is 1.76. The van der Waals surface area contributed by atoms with E-state index >= 15 is 0 Å². The molecule has 2 nitrogen and oxygen atoms in total. The number of anilines is 1. The summed E-state index contributed by atoms with van der Waals surface area (Å²) in [6.07, 6.45) is 0. The van der Waals surface area contributed by atoms with Crippen LogP contribution in [0.2, 0.25) is 0 Å². The fourth-order valence-electron chi connectivity index (χ4n) is 2.15. The quantitative estimate of drug-likeness (QED) is 0.592. The summed E-state index contributed by atoms with van der Waals surface area (Å²) in [4.78, 5) is 2.13. The van der Waals surface area contributed by atoms with Crippen molar-refractivity contribution in [1.82, 2.24) is 0 Å². The third-order valence-electron chi connectivity index (χ3n) is 3.39. The number of hydrogen-bond acceptors (Lipinski definition) is 2. The van der Waals surface area contributed by atoms with Crippen molar-refractivity contribution in [3.8, 4) is 11.5 Å². The Morgan fingerprint density at radius 1 is 0.652 bits per heavy atom. The van der Waals surface area contributed by atoms with E-state index in [1.807, 2.05) is 30.3 Å². The molecule has 0 aromatic heterocycles. The topological polar surface area (TPSA) is 12.5 Å². The van der Waals surface area contributed by atoms with Crippen LogP contribution < -0.4 is 16.9 Å². The number of para-hydroxylation sites is 1. The van der Waals surface area contributed by atoms with Crippen molar-refractivity contribution in [1.29, 1.82) is 0 Å². The maximum absolute atomic E-state index is 5.83. The van der Waals surface area contributed by atoms with Crippen molar-refractivity contribution in [2.24, 2.45) is 0 Å². The zero-order valence-corrected chi connectivity index (χ0v) is 15.6. The van der Waals surface area contributed by atoms with Crippen LogP contribution >= 0.6 is 0 Å². The fraction of sp³-hybridized carbons (Fsp3) is 0.100. The van der Waals surface area contributed by atoms with Gasteiger partial charge in [-0.3, -0.25) is 0 Å². The van der Waals surface area contributed by atoms with E-state index in [2.05, 4.69) is 67.5 Å². The molecule has 3 aromatic carbocycles. The second-order valence-corrected chi connectivity index (χ2v) is 8.65. The Hall–Kier alpha value is -1.95. The van der Waals surface area contributed by atoms with Crippen LogP contribution in [-0.4, -0.2) is 35.0 Å². The van der Waals surface area contributed by atoms with Crippen molar-refractivity contribution in [2.45, 2.75) is 0 Å². The zero-order valence-electron chi connectivity index (χ0n) is 13.3. The Balaban J connectivity index is 1.65. The van der Waals surface area contributed by atoms with Crippen molar-refractivity contribution in [3.63, 3.8) is 0 Å². The molecule has 0 amide bonds. The van der Waals surface area contributed by atoms with E-state index in [4.69, 9.17) is 4.74 Å². The van der Waals surface area contributed by atoms with Gasteiger partial charge in [0.15, 0.2) is 0 Å². The first kappa shape index (κ1) is 15.9. The summed E-state index contributed by atoms with van der Waals surface area (Å²) in [7, 11) is 4.13. The van der Waals surface area contributed by atoms with Gasteiger partial charge in [0.05, 0.1) is 0 Å². The molecule has 23 heavy (non-hydrogen) atoms. The van der Waals surface area contributed by atoms with Gasteiger partial charge < -0.3 is 0 Å². The van der Waals surface area contributed by atoms with Crippen LogP contribution in [0.25, 0.3) is 0 Å². The molecule has 0 N–H and O–H groups in total. The van der Waals surface area contributed by atoms with Crippen LogP contribution in [-0.2, 0) is 0 Å². The monoisotopic (exact) mass is 419 g/mol. The van der Waals surface area contributed by atoms with Crippen molar-refractivity contribution in [3.05, 3.63) is 78.9 Å². The molecule has 0 heterocycles. The van der Waals surface area contributed by atoms with Gasteiger partial charge in [-0.25, -0.2) is 0 Å². The SMILES string of the molecule is CN(C)c1ccc([Te]c2ccc(Oc3ccccc3)cc2)cc1. The Bertz CT molecular complexity index is 737. The van der Waals surface area contributed by atoms with Gasteiger partial charge in [-0.2, -0.15) is 0 Å². The zero-order chi connectivity index (χ0) is 16.1. The summed E-state index contributed by atoms with van der Waals surface area (Å²) >= 11 is -0.348. The third kappa shape index (κ3) is 4.51. The van der Waals surface area contributed by atoms with Crippen molar-refractivity contribution in [2.75, 3.05) is 19.0 Å². The average molecular weight is 417 g/mol. The molecule has 0 aliphatic rings. The molecule has 0 spiro atoms. The second-order valence-electron chi connectivity index (χ2n) is 5.38. The molecule has 0 fully saturated rings. The van der Waals surface area contributed by atoms with Gasteiger partial charge in [0.25, 0.3) is 0 Å². The Morgan fingerprint density at radius 3 is 1.74 bits per heavy atom. The van der Waals surface area contributed by atoms with Crippen LogP contribution in [0.4, 0.5) is 5.69 Å². The third-order valence-corrected chi connectivity index (χ3v) is 6.29. The molecule has 3 heteroatoms. The van der Waals surface area contributed by atoms with E-state index in [1.54, 1.807) is 0 Å². The summed E-state index contributed by atoms with van der Waals surface area (Å²) in [6.45, 7) is 0. The van der Waals surface area contributed by atoms with Gasteiger partial charge in [0.1, 0.15) is 0 Å². The summed E-state index contributed by atoms with van der Waals surface area (Å²) in [6, 6.07) is 27.2. The molecule has 3 rings (SSSR count). The summed E-state index contributed by atoms with van der Waals surface area (Å²) < 4.78 is 8.69. The van der Waals surface area contributed by atoms with Gasteiger partial charge in [-0.15, -0.1) is 0 Å². The molecule has 3 aromatic rings. The average Bonchev–Trinajstić information content (AvgIpc) is 2.58. The van der Waals surface area contributed by atoms with Crippen LogP contribution in [0.15, 0.2) is 78.9 Å². The first-order valence-corrected chi connectivity index (χ1v) is 9.82. The maximum atomic E-state index is 5.83. The predicted octanol–water partition coefficient (Wildman–Crippen LogP) is 3.20. The predicted molar refractivity (Wildman–Crippen MR) is 98.7 cm³/mol. The van der Waals surface area contributed by atoms with Gasteiger partial charge in [0.2, 0.25) is 0 Å². The summed E-state index contributed by atoms with van der Waals surface area (Å²) in [5, 5.41) is 0. The molecule has 0 bridgehead atoms.